The van der Waals surface area contributed by atoms with Crippen LogP contribution in [0.3, 0.4) is 0 Å². The van der Waals surface area contributed by atoms with Crippen molar-refractivity contribution in [3.63, 3.8) is 0 Å². The third-order valence-electron chi connectivity index (χ3n) is 3.27. The molecule has 0 fully saturated rings. The maximum atomic E-state index is 3.58. The van der Waals surface area contributed by atoms with Gasteiger partial charge < -0.3 is 5.32 Å². The van der Waals surface area contributed by atoms with Crippen molar-refractivity contribution in [2.75, 3.05) is 6.54 Å². The van der Waals surface area contributed by atoms with Gasteiger partial charge in [0.15, 0.2) is 0 Å². The topological polar surface area (TPSA) is 12.0 Å². The van der Waals surface area contributed by atoms with E-state index < -0.39 is 0 Å². The Morgan fingerprint density at radius 1 is 1.15 bits per heavy atom. The van der Waals surface area contributed by atoms with Crippen molar-refractivity contribution in [3.8, 4) is 0 Å². The van der Waals surface area contributed by atoms with Crippen LogP contribution in [0, 0.1) is 6.92 Å². The van der Waals surface area contributed by atoms with Gasteiger partial charge in [0, 0.05) is 20.3 Å². The van der Waals surface area contributed by atoms with Crippen LogP contribution in [0.15, 0.2) is 56.7 Å². The minimum atomic E-state index is 0.361. The molecule has 3 heteroatoms. The molecule has 0 bridgehead atoms. The van der Waals surface area contributed by atoms with Gasteiger partial charge in [0.1, 0.15) is 0 Å². The van der Waals surface area contributed by atoms with Crippen LogP contribution >= 0.6 is 27.7 Å². The second kappa shape index (κ2) is 7.30. The molecule has 0 heterocycles. The smallest absolute Gasteiger partial charge is 0.0302 e. The zero-order valence-electron chi connectivity index (χ0n) is 12.1. The third kappa shape index (κ3) is 3.87. The first-order valence-corrected chi connectivity index (χ1v) is 8.49. The van der Waals surface area contributed by atoms with Gasteiger partial charge in [-0.1, -0.05) is 58.9 Å². The highest BCUT2D eigenvalue weighted by Gasteiger charge is 2.12. The molecule has 0 aliphatic carbocycles. The summed E-state index contributed by atoms with van der Waals surface area (Å²) in [4.78, 5) is 2.62. The third-order valence-corrected chi connectivity index (χ3v) is 5.01. The number of rotatable bonds is 5. The summed E-state index contributed by atoms with van der Waals surface area (Å²) in [6.45, 7) is 7.50. The molecule has 0 amide bonds. The van der Waals surface area contributed by atoms with Gasteiger partial charge in [0.05, 0.1) is 0 Å². The molecule has 2 aromatic rings. The van der Waals surface area contributed by atoms with Gasteiger partial charge in [-0.25, -0.2) is 0 Å². The fourth-order valence-corrected chi connectivity index (χ4v) is 3.83. The Bertz CT molecular complexity index is 583. The number of nitrogens with one attached hydrogen (secondary N) is 1. The molecule has 106 valence electrons. The van der Waals surface area contributed by atoms with E-state index in [1.54, 1.807) is 0 Å². The zero-order valence-corrected chi connectivity index (χ0v) is 14.5. The molecule has 2 aromatic carbocycles. The second-order valence-electron chi connectivity index (χ2n) is 4.83. The van der Waals surface area contributed by atoms with Crippen LogP contribution in [0.5, 0.6) is 0 Å². The van der Waals surface area contributed by atoms with E-state index in [2.05, 4.69) is 84.5 Å². The van der Waals surface area contributed by atoms with Crippen LogP contribution in [0.4, 0.5) is 0 Å². The van der Waals surface area contributed by atoms with Gasteiger partial charge in [-0.2, -0.15) is 0 Å². The summed E-state index contributed by atoms with van der Waals surface area (Å²) in [6.07, 6.45) is 0. The van der Waals surface area contributed by atoms with E-state index in [0.29, 0.717) is 6.04 Å². The van der Waals surface area contributed by atoms with Gasteiger partial charge >= 0.3 is 0 Å². The number of benzene rings is 2. The SMILES string of the molecule is CCNC(C)c1ccc(Br)cc1Sc1ccccc1C. The van der Waals surface area contributed by atoms with Crippen LogP contribution in [0.1, 0.15) is 31.0 Å². The molecule has 0 saturated carbocycles. The van der Waals surface area contributed by atoms with Gasteiger partial charge in [-0.15, -0.1) is 0 Å². The Balaban J connectivity index is 2.35. The fourth-order valence-electron chi connectivity index (χ4n) is 2.16. The highest BCUT2D eigenvalue weighted by molar-refractivity contribution is 9.10. The predicted molar refractivity (Wildman–Crippen MR) is 91.5 cm³/mol. The second-order valence-corrected chi connectivity index (χ2v) is 6.83. The van der Waals surface area contributed by atoms with E-state index in [1.165, 1.54) is 20.9 Å². The van der Waals surface area contributed by atoms with E-state index in [4.69, 9.17) is 0 Å². The molecular formula is C17H20BrNS. The van der Waals surface area contributed by atoms with E-state index in [9.17, 15) is 0 Å². The monoisotopic (exact) mass is 349 g/mol. The average Bonchev–Trinajstić information content (AvgIpc) is 2.42. The minimum Gasteiger partial charge on any atom is -0.310 e. The Morgan fingerprint density at radius 2 is 1.90 bits per heavy atom. The fraction of sp³-hybridized carbons (Fsp3) is 0.294. The van der Waals surface area contributed by atoms with Crippen molar-refractivity contribution < 1.29 is 0 Å². The molecule has 20 heavy (non-hydrogen) atoms. The van der Waals surface area contributed by atoms with Gasteiger partial charge in [0.2, 0.25) is 0 Å². The Labute approximate surface area is 134 Å². The Kier molecular flexibility index (Phi) is 5.70. The van der Waals surface area contributed by atoms with E-state index in [0.717, 1.165) is 11.0 Å². The summed E-state index contributed by atoms with van der Waals surface area (Å²) >= 11 is 5.42. The first-order chi connectivity index (χ1) is 9.61. The molecule has 0 aliphatic heterocycles. The lowest BCUT2D eigenvalue weighted by molar-refractivity contribution is 0.589. The normalized spacial score (nSPS) is 12.4. The lowest BCUT2D eigenvalue weighted by Gasteiger charge is -2.18. The maximum absolute atomic E-state index is 3.58. The molecule has 0 aliphatic rings. The summed E-state index contributed by atoms with van der Waals surface area (Å²) in [7, 11) is 0. The first-order valence-electron chi connectivity index (χ1n) is 6.88. The average molecular weight is 350 g/mol. The van der Waals surface area contributed by atoms with Crippen molar-refractivity contribution >= 4 is 27.7 Å². The summed E-state index contributed by atoms with van der Waals surface area (Å²) in [5.41, 5.74) is 2.67. The number of hydrogen-bond donors (Lipinski definition) is 1. The molecule has 1 nitrogen and oxygen atoms in total. The van der Waals surface area contributed by atoms with Crippen molar-refractivity contribution in [3.05, 3.63) is 58.1 Å². The summed E-state index contributed by atoms with van der Waals surface area (Å²) < 4.78 is 1.13. The maximum Gasteiger partial charge on any atom is 0.0302 e. The molecular weight excluding hydrogens is 330 g/mol. The Hall–Kier alpha value is -0.770. The summed E-state index contributed by atoms with van der Waals surface area (Å²) in [6, 6.07) is 15.4. The molecule has 1 atom stereocenters. The van der Waals surface area contributed by atoms with Crippen molar-refractivity contribution in [2.45, 2.75) is 36.6 Å². The highest BCUT2D eigenvalue weighted by Crippen LogP contribution is 2.36. The largest absolute Gasteiger partial charge is 0.310 e. The molecule has 1 N–H and O–H groups in total. The highest BCUT2D eigenvalue weighted by atomic mass is 79.9. The minimum absolute atomic E-state index is 0.361. The molecule has 1 unspecified atom stereocenters. The van der Waals surface area contributed by atoms with Gasteiger partial charge in [-0.05, 0) is 49.7 Å². The standard InChI is InChI=1S/C17H20BrNS/c1-4-19-13(3)15-10-9-14(18)11-17(15)20-16-8-6-5-7-12(16)2/h5-11,13,19H,4H2,1-3H3. The number of halogens is 1. The first kappa shape index (κ1) is 15.6. The summed E-state index contributed by atoms with van der Waals surface area (Å²) in [5, 5.41) is 3.49. The van der Waals surface area contributed by atoms with E-state index in [1.807, 2.05) is 11.8 Å². The van der Waals surface area contributed by atoms with E-state index >= 15 is 0 Å². The summed E-state index contributed by atoms with van der Waals surface area (Å²) in [5.74, 6) is 0. The van der Waals surface area contributed by atoms with Crippen LogP contribution in [0.25, 0.3) is 0 Å². The van der Waals surface area contributed by atoms with Gasteiger partial charge in [-0.3, -0.25) is 0 Å². The van der Waals surface area contributed by atoms with Crippen molar-refractivity contribution in [2.24, 2.45) is 0 Å². The Morgan fingerprint density at radius 3 is 2.60 bits per heavy atom. The van der Waals surface area contributed by atoms with Gasteiger partial charge in [0.25, 0.3) is 0 Å². The van der Waals surface area contributed by atoms with Crippen LogP contribution < -0.4 is 5.32 Å². The number of hydrogen-bond acceptors (Lipinski definition) is 2. The number of aryl methyl sites for hydroxylation is 1. The van der Waals surface area contributed by atoms with Crippen LogP contribution in [-0.4, -0.2) is 6.54 Å². The van der Waals surface area contributed by atoms with Crippen LogP contribution in [0.2, 0.25) is 0 Å². The molecule has 0 radical (unpaired) electrons. The molecule has 0 spiro atoms. The quantitative estimate of drug-likeness (QED) is 0.756. The zero-order chi connectivity index (χ0) is 14.5. The molecule has 0 aromatic heterocycles. The lowest BCUT2D eigenvalue weighted by atomic mass is 10.1. The lowest BCUT2D eigenvalue weighted by Crippen LogP contribution is -2.18. The van der Waals surface area contributed by atoms with E-state index in [-0.39, 0.29) is 0 Å². The van der Waals surface area contributed by atoms with Crippen LogP contribution in [-0.2, 0) is 0 Å². The van der Waals surface area contributed by atoms with Crippen molar-refractivity contribution in [1.29, 1.82) is 0 Å². The molecule has 0 saturated heterocycles. The predicted octanol–water partition coefficient (Wildman–Crippen LogP) is 5.58. The van der Waals surface area contributed by atoms with Crippen molar-refractivity contribution in [1.82, 2.24) is 5.32 Å². The molecule has 2 rings (SSSR count).